The van der Waals surface area contributed by atoms with Gasteiger partial charge in [-0.3, -0.25) is 0 Å². The molecule has 0 N–H and O–H groups in total. The van der Waals surface area contributed by atoms with Crippen LogP contribution in [0.2, 0.25) is 0 Å². The third-order valence-corrected chi connectivity index (χ3v) is 1.58. The van der Waals surface area contributed by atoms with E-state index in [0.29, 0.717) is 0 Å². The maximum Gasteiger partial charge on any atom is 1.00 e. The Morgan fingerprint density at radius 1 is 1.27 bits per heavy atom. The van der Waals surface area contributed by atoms with Gasteiger partial charge in [0.1, 0.15) is 0 Å². The van der Waals surface area contributed by atoms with E-state index in [1.54, 1.807) is 0 Å². The van der Waals surface area contributed by atoms with E-state index in [1.165, 1.54) is 25.1 Å². The first kappa shape index (κ1) is 15.4. The minimum absolute atomic E-state index is 0. The topological polar surface area (TPSA) is 9.23 Å². The van der Waals surface area contributed by atoms with Crippen LogP contribution in [0.25, 0.3) is 0 Å². The van der Waals surface area contributed by atoms with Gasteiger partial charge in [-0.05, 0) is 18.6 Å². The maximum atomic E-state index is 13.1. The van der Waals surface area contributed by atoms with Gasteiger partial charge in [0.25, 0.3) is 0 Å². The Kier molecular flexibility index (Phi) is 6.43. The van der Waals surface area contributed by atoms with Crippen molar-refractivity contribution in [2.45, 2.75) is 6.92 Å². The van der Waals surface area contributed by atoms with Crippen LogP contribution in [0.1, 0.15) is 5.56 Å². The first-order valence-electron chi connectivity index (χ1n) is 3.99. The molecule has 78 valence electrons. The van der Waals surface area contributed by atoms with Crippen LogP contribution in [-0.2, 0) is 0 Å². The van der Waals surface area contributed by atoms with E-state index in [0.717, 1.165) is 0 Å². The van der Waals surface area contributed by atoms with Crippen molar-refractivity contribution >= 4 is 6.98 Å². The second kappa shape index (κ2) is 6.24. The molecule has 0 bridgehead atoms. The Labute approximate surface area is 128 Å². The molecule has 0 saturated carbocycles. The van der Waals surface area contributed by atoms with Crippen molar-refractivity contribution in [1.82, 2.24) is 0 Å². The molecule has 1 rings (SSSR count). The molecule has 7 heteroatoms. The summed E-state index contributed by atoms with van der Waals surface area (Å²) in [7, 11) is 0. The zero-order chi connectivity index (χ0) is 10.8. The van der Waals surface area contributed by atoms with Gasteiger partial charge in [0, 0.05) is 0 Å². The van der Waals surface area contributed by atoms with Crippen molar-refractivity contribution in [3.63, 3.8) is 0 Å². The Balaban J connectivity index is 0.00000196. The van der Waals surface area contributed by atoms with Crippen LogP contribution in [0.4, 0.5) is 17.3 Å². The molecule has 0 spiro atoms. The molecule has 0 amide bonds. The molecule has 1 aromatic carbocycles. The summed E-state index contributed by atoms with van der Waals surface area (Å²) >= 11 is 0. The predicted octanol–water partition coefficient (Wildman–Crippen LogP) is -0.0965. The van der Waals surface area contributed by atoms with Crippen LogP contribution >= 0.6 is 0 Å². The second-order valence-electron chi connectivity index (χ2n) is 2.91. The number of halogens is 4. The quantitative estimate of drug-likeness (QED) is 0.534. The fourth-order valence-electron chi connectivity index (χ4n) is 0.916. The molecule has 0 aliphatic carbocycles. The molecule has 0 aliphatic rings. The summed E-state index contributed by atoms with van der Waals surface area (Å²) < 4.78 is 52.8. The Bertz CT molecular complexity index is 329. The average Bonchev–Trinajstić information content (AvgIpc) is 2.06. The van der Waals surface area contributed by atoms with E-state index < -0.39 is 19.3 Å². The number of benzene rings is 1. The Morgan fingerprint density at radius 2 is 1.87 bits per heavy atom. The average molecular weight is 246 g/mol. The van der Waals surface area contributed by atoms with Crippen molar-refractivity contribution < 1.29 is 73.5 Å². The van der Waals surface area contributed by atoms with E-state index in [4.69, 9.17) is 0 Å². The minimum Gasteiger partial charge on any atom is -0.519 e. The fourth-order valence-corrected chi connectivity index (χ4v) is 0.916. The van der Waals surface area contributed by atoms with Gasteiger partial charge in [0.15, 0.2) is 11.6 Å². The summed E-state index contributed by atoms with van der Waals surface area (Å²) in [5.74, 6) is -1.10. The molecule has 0 radical (unpaired) electrons. The van der Waals surface area contributed by atoms with Gasteiger partial charge < -0.3 is 17.7 Å². The van der Waals surface area contributed by atoms with E-state index in [2.05, 4.69) is 4.74 Å². The van der Waals surface area contributed by atoms with Crippen molar-refractivity contribution in [1.29, 1.82) is 0 Å². The van der Waals surface area contributed by atoms with Gasteiger partial charge in [0.05, 0.1) is 6.51 Å². The van der Waals surface area contributed by atoms with E-state index in [1.807, 2.05) is 0 Å². The first-order chi connectivity index (χ1) is 6.40. The summed E-state index contributed by atoms with van der Waals surface area (Å²) in [6.45, 7) is -5.00. The van der Waals surface area contributed by atoms with E-state index in [-0.39, 0.29) is 62.7 Å². The van der Waals surface area contributed by atoms with Gasteiger partial charge in [-0.2, -0.15) is 0 Å². The predicted molar refractivity (Wildman–Crippen MR) is 45.7 cm³/mol. The zero-order valence-corrected chi connectivity index (χ0v) is 11.6. The molecule has 0 aromatic heterocycles. The normalized spacial score (nSPS) is 10.7. The molecule has 1 nitrogen and oxygen atoms in total. The summed E-state index contributed by atoms with van der Waals surface area (Å²) in [5.41, 5.74) is 0.261. The van der Waals surface area contributed by atoms with Gasteiger partial charge in [-0.25, -0.2) is 4.39 Å². The van der Waals surface area contributed by atoms with Gasteiger partial charge in [0.2, 0.25) is 0 Å². The van der Waals surface area contributed by atoms with Crippen LogP contribution in [-0.4, -0.2) is 13.5 Å². The molecule has 0 atom stereocenters. The number of ether oxygens (including phenoxy) is 1. The minimum atomic E-state index is -5.04. The van der Waals surface area contributed by atoms with Crippen LogP contribution in [0.15, 0.2) is 18.2 Å². The SMILES string of the molecule is Cc1cccc(OC[B-](F)(F)F)c1F.[K+]. The summed E-state index contributed by atoms with van der Waals surface area (Å²) in [6.07, 6.45) is 0. The fraction of sp³-hybridized carbons (Fsp3) is 0.250. The van der Waals surface area contributed by atoms with Crippen molar-refractivity contribution in [3.8, 4) is 5.75 Å². The monoisotopic (exact) mass is 246 g/mol. The first-order valence-corrected chi connectivity index (χ1v) is 3.99. The van der Waals surface area contributed by atoms with Crippen molar-refractivity contribution in [2.24, 2.45) is 0 Å². The zero-order valence-electron chi connectivity index (χ0n) is 8.44. The standard InChI is InChI=1S/C8H8BF4O.K/c1-6-3-2-4-7(8(6)10)14-5-9(11,12)13;/h2-4H,5H2,1H3;/q-1;+1. The molecule has 0 unspecified atom stereocenters. The molecule has 0 heterocycles. The van der Waals surface area contributed by atoms with Crippen LogP contribution in [0.5, 0.6) is 5.75 Å². The number of hydrogen-bond acceptors (Lipinski definition) is 1. The third kappa shape index (κ3) is 5.35. The van der Waals surface area contributed by atoms with Crippen LogP contribution in [0.3, 0.4) is 0 Å². The van der Waals surface area contributed by atoms with Gasteiger partial charge in [-0.1, -0.05) is 12.1 Å². The molecule has 0 fully saturated rings. The number of rotatable bonds is 3. The van der Waals surface area contributed by atoms with Crippen molar-refractivity contribution in [3.05, 3.63) is 29.6 Å². The van der Waals surface area contributed by atoms with E-state index in [9.17, 15) is 17.3 Å². The molecular weight excluding hydrogens is 238 g/mol. The molecule has 15 heavy (non-hydrogen) atoms. The molecular formula is C8H8BF4KO. The van der Waals surface area contributed by atoms with Crippen LogP contribution < -0.4 is 56.1 Å². The van der Waals surface area contributed by atoms with Crippen molar-refractivity contribution in [2.75, 3.05) is 6.51 Å². The second-order valence-corrected chi connectivity index (χ2v) is 2.91. The summed E-state index contributed by atoms with van der Waals surface area (Å²) in [5, 5.41) is 0. The Morgan fingerprint density at radius 3 is 2.40 bits per heavy atom. The van der Waals surface area contributed by atoms with E-state index >= 15 is 0 Å². The third-order valence-electron chi connectivity index (χ3n) is 1.58. The Hall–Kier alpha value is 0.441. The van der Waals surface area contributed by atoms with Crippen LogP contribution in [0, 0.1) is 12.7 Å². The number of hydrogen-bond donors (Lipinski definition) is 0. The largest absolute Gasteiger partial charge is 1.00 e. The summed E-state index contributed by atoms with van der Waals surface area (Å²) in [4.78, 5) is 0. The van der Waals surface area contributed by atoms with Gasteiger partial charge >= 0.3 is 58.4 Å². The number of aryl methyl sites for hydroxylation is 1. The smallest absolute Gasteiger partial charge is 0.519 e. The van der Waals surface area contributed by atoms with Gasteiger partial charge in [-0.15, -0.1) is 0 Å². The molecule has 0 saturated heterocycles. The molecule has 1 aromatic rings. The summed E-state index contributed by atoms with van der Waals surface area (Å²) in [6, 6.07) is 4.07. The molecule has 0 aliphatic heterocycles. The maximum absolute atomic E-state index is 13.1.